The molecule has 2 N–H and O–H groups in total. The SMILES string of the molecule is O=C(NC1CCC(NCC(F)(F)F)CC1)c1nc(-c2cncs2)cn2cccc12. The Hall–Kier alpha value is -2.46. The van der Waals surface area contributed by atoms with E-state index in [2.05, 4.69) is 20.6 Å². The van der Waals surface area contributed by atoms with Crippen LogP contribution in [0.2, 0.25) is 0 Å². The number of hydrogen-bond acceptors (Lipinski definition) is 5. The number of halogens is 3. The Balaban J connectivity index is 1.43. The van der Waals surface area contributed by atoms with E-state index in [4.69, 9.17) is 0 Å². The van der Waals surface area contributed by atoms with Crippen LogP contribution in [0.5, 0.6) is 0 Å². The second-order valence-electron chi connectivity index (χ2n) is 7.16. The standard InChI is InChI=1S/C19H20F3N5OS/c20-19(21,22)10-24-12-3-5-13(6-4-12)25-18(28)17-15-2-1-7-27(15)9-14(26-17)16-8-23-11-29-16/h1-2,7-9,11-13,24H,3-6,10H2,(H,25,28). The van der Waals surface area contributed by atoms with Crippen molar-refractivity contribution in [3.63, 3.8) is 0 Å². The number of carbonyl (C=O) groups is 1. The molecule has 0 spiro atoms. The summed E-state index contributed by atoms with van der Waals surface area (Å²) in [5.41, 5.74) is 3.41. The summed E-state index contributed by atoms with van der Waals surface area (Å²) < 4.78 is 38.9. The van der Waals surface area contributed by atoms with E-state index in [1.165, 1.54) is 11.3 Å². The first-order valence-electron chi connectivity index (χ1n) is 9.36. The van der Waals surface area contributed by atoms with Gasteiger partial charge >= 0.3 is 6.18 Å². The molecule has 0 bridgehead atoms. The van der Waals surface area contributed by atoms with E-state index in [1.807, 2.05) is 28.9 Å². The number of aromatic nitrogens is 3. The molecule has 1 fully saturated rings. The third kappa shape index (κ3) is 4.76. The lowest BCUT2D eigenvalue weighted by Gasteiger charge is -2.30. The van der Waals surface area contributed by atoms with E-state index in [-0.39, 0.29) is 18.0 Å². The predicted molar refractivity (Wildman–Crippen MR) is 104 cm³/mol. The highest BCUT2D eigenvalue weighted by atomic mass is 32.1. The van der Waals surface area contributed by atoms with Gasteiger partial charge in [0.05, 0.1) is 28.1 Å². The molecule has 3 aromatic rings. The van der Waals surface area contributed by atoms with Gasteiger partial charge in [0.1, 0.15) is 0 Å². The summed E-state index contributed by atoms with van der Waals surface area (Å²) in [6.07, 6.45) is 3.67. The number of carbonyl (C=O) groups excluding carboxylic acids is 1. The number of alkyl halides is 3. The smallest absolute Gasteiger partial charge is 0.348 e. The van der Waals surface area contributed by atoms with E-state index in [1.54, 1.807) is 11.7 Å². The van der Waals surface area contributed by atoms with Gasteiger partial charge in [-0.3, -0.25) is 9.78 Å². The van der Waals surface area contributed by atoms with Crippen molar-refractivity contribution in [1.29, 1.82) is 0 Å². The number of amides is 1. The zero-order valence-electron chi connectivity index (χ0n) is 15.4. The highest BCUT2D eigenvalue weighted by molar-refractivity contribution is 7.13. The highest BCUT2D eigenvalue weighted by Crippen LogP contribution is 2.24. The van der Waals surface area contributed by atoms with Gasteiger partial charge in [-0.05, 0) is 37.8 Å². The van der Waals surface area contributed by atoms with Crippen molar-refractivity contribution in [1.82, 2.24) is 25.0 Å². The maximum absolute atomic E-state index is 12.9. The Bertz CT molecular complexity index is 978. The number of nitrogens with one attached hydrogen (secondary N) is 2. The Morgan fingerprint density at radius 2 is 2.00 bits per heavy atom. The molecule has 3 heterocycles. The van der Waals surface area contributed by atoms with E-state index in [0.717, 1.165) is 4.88 Å². The van der Waals surface area contributed by atoms with Crippen molar-refractivity contribution in [2.75, 3.05) is 6.54 Å². The third-order valence-electron chi connectivity index (χ3n) is 5.07. The minimum Gasteiger partial charge on any atom is -0.348 e. The average Bonchev–Trinajstić information content (AvgIpc) is 3.37. The normalized spacial score (nSPS) is 20.1. The highest BCUT2D eigenvalue weighted by Gasteiger charge is 2.30. The molecule has 0 unspecified atom stereocenters. The second-order valence-corrected chi connectivity index (χ2v) is 8.05. The van der Waals surface area contributed by atoms with Gasteiger partial charge in [0.2, 0.25) is 0 Å². The molecule has 1 amide bonds. The van der Waals surface area contributed by atoms with Crippen molar-refractivity contribution < 1.29 is 18.0 Å². The second kappa shape index (κ2) is 8.11. The number of thiazole rings is 1. The Morgan fingerprint density at radius 1 is 1.24 bits per heavy atom. The number of hydrogen-bond donors (Lipinski definition) is 2. The molecule has 0 aromatic carbocycles. The summed E-state index contributed by atoms with van der Waals surface area (Å²) in [5, 5.41) is 5.56. The van der Waals surface area contributed by atoms with Crippen LogP contribution in [0.4, 0.5) is 13.2 Å². The fourth-order valence-corrected chi connectivity index (χ4v) is 4.21. The predicted octanol–water partition coefficient (Wildman–Crippen LogP) is 3.65. The van der Waals surface area contributed by atoms with Gasteiger partial charge in [0.15, 0.2) is 5.69 Å². The molecule has 29 heavy (non-hydrogen) atoms. The Kier molecular flexibility index (Phi) is 5.55. The molecule has 1 aliphatic rings. The van der Waals surface area contributed by atoms with E-state index < -0.39 is 12.7 Å². The molecule has 0 aliphatic heterocycles. The molecule has 1 saturated carbocycles. The molecular formula is C19H20F3N5OS. The van der Waals surface area contributed by atoms with Gasteiger partial charge in [-0.15, -0.1) is 11.3 Å². The molecule has 0 atom stereocenters. The number of rotatable bonds is 5. The molecular weight excluding hydrogens is 403 g/mol. The van der Waals surface area contributed by atoms with Crippen LogP contribution in [-0.2, 0) is 0 Å². The number of fused-ring (bicyclic) bond motifs is 1. The molecule has 4 rings (SSSR count). The molecule has 154 valence electrons. The van der Waals surface area contributed by atoms with Crippen molar-refractivity contribution in [3.05, 3.63) is 41.9 Å². The molecule has 1 aliphatic carbocycles. The van der Waals surface area contributed by atoms with Crippen molar-refractivity contribution >= 4 is 22.8 Å². The van der Waals surface area contributed by atoms with Crippen LogP contribution in [0.25, 0.3) is 16.1 Å². The molecule has 6 nitrogen and oxygen atoms in total. The van der Waals surface area contributed by atoms with Crippen LogP contribution < -0.4 is 10.6 Å². The average molecular weight is 423 g/mol. The van der Waals surface area contributed by atoms with E-state index >= 15 is 0 Å². The van der Waals surface area contributed by atoms with Crippen LogP contribution in [0.15, 0.2) is 36.2 Å². The van der Waals surface area contributed by atoms with Crippen LogP contribution in [0, 0.1) is 0 Å². The first kappa shape index (κ1) is 19.8. The zero-order chi connectivity index (χ0) is 20.4. The van der Waals surface area contributed by atoms with Crippen LogP contribution in [0.1, 0.15) is 36.2 Å². The summed E-state index contributed by atoms with van der Waals surface area (Å²) in [6, 6.07) is 3.43. The van der Waals surface area contributed by atoms with E-state index in [9.17, 15) is 18.0 Å². The molecule has 10 heteroatoms. The maximum atomic E-state index is 12.9. The van der Waals surface area contributed by atoms with Gasteiger partial charge < -0.3 is 15.0 Å². The van der Waals surface area contributed by atoms with Gasteiger partial charge in [0.25, 0.3) is 5.91 Å². The fraction of sp³-hybridized carbons (Fsp3) is 0.421. The topological polar surface area (TPSA) is 71.3 Å². The van der Waals surface area contributed by atoms with Crippen LogP contribution >= 0.6 is 11.3 Å². The van der Waals surface area contributed by atoms with Crippen LogP contribution in [0.3, 0.4) is 0 Å². The van der Waals surface area contributed by atoms with Crippen molar-refractivity contribution in [2.45, 2.75) is 43.9 Å². The minimum absolute atomic E-state index is 0.0738. The third-order valence-corrected chi connectivity index (χ3v) is 5.86. The molecule has 0 saturated heterocycles. The van der Waals surface area contributed by atoms with Gasteiger partial charge in [-0.25, -0.2) is 4.98 Å². The van der Waals surface area contributed by atoms with E-state index in [0.29, 0.717) is 42.6 Å². The van der Waals surface area contributed by atoms with Gasteiger partial charge in [0, 0.05) is 30.7 Å². The summed E-state index contributed by atoms with van der Waals surface area (Å²) in [6.45, 7) is -0.977. The van der Waals surface area contributed by atoms with Gasteiger partial charge in [-0.1, -0.05) is 0 Å². The Labute approximate surface area is 169 Å². The number of nitrogens with zero attached hydrogens (tertiary/aromatic N) is 3. The van der Waals surface area contributed by atoms with Gasteiger partial charge in [-0.2, -0.15) is 13.2 Å². The quantitative estimate of drug-likeness (QED) is 0.657. The first-order valence-corrected chi connectivity index (χ1v) is 10.2. The summed E-state index contributed by atoms with van der Waals surface area (Å²) >= 11 is 1.44. The Morgan fingerprint density at radius 3 is 2.69 bits per heavy atom. The lowest BCUT2D eigenvalue weighted by molar-refractivity contribution is -0.126. The first-order chi connectivity index (χ1) is 13.9. The summed E-state index contributed by atoms with van der Waals surface area (Å²) in [4.78, 5) is 22.4. The minimum atomic E-state index is -4.21. The zero-order valence-corrected chi connectivity index (χ0v) is 16.3. The van der Waals surface area contributed by atoms with Crippen molar-refractivity contribution in [3.8, 4) is 10.6 Å². The summed E-state index contributed by atoms with van der Waals surface area (Å²) in [7, 11) is 0. The molecule has 3 aromatic heterocycles. The molecule has 0 radical (unpaired) electrons. The maximum Gasteiger partial charge on any atom is 0.401 e. The van der Waals surface area contributed by atoms with Crippen molar-refractivity contribution in [2.24, 2.45) is 0 Å². The largest absolute Gasteiger partial charge is 0.401 e. The van der Waals surface area contributed by atoms with Crippen LogP contribution in [-0.4, -0.2) is 45.1 Å². The summed E-state index contributed by atoms with van der Waals surface area (Å²) in [5.74, 6) is -0.272. The monoisotopic (exact) mass is 423 g/mol. The lowest BCUT2D eigenvalue weighted by atomic mass is 9.91. The fourth-order valence-electron chi connectivity index (χ4n) is 3.63. The lowest BCUT2D eigenvalue weighted by Crippen LogP contribution is -2.44.